The number of amides is 1. The average Bonchev–Trinajstić information content (AvgIpc) is 2.27. The van der Waals surface area contributed by atoms with Gasteiger partial charge in [-0.15, -0.1) is 0 Å². The summed E-state index contributed by atoms with van der Waals surface area (Å²) in [6.07, 6.45) is -0.572. The SMILES string of the molecule is CNCC(=O)c1ccccc1NC(=O)OC(C)(C)C. The zero-order chi connectivity index (χ0) is 14.5. The number of benzene rings is 1. The molecule has 0 heterocycles. The number of Topliss-reactive ketones (excluding diaryl/α,β-unsaturated/α-hetero) is 1. The number of anilines is 1. The van der Waals surface area contributed by atoms with Crippen molar-refractivity contribution in [2.24, 2.45) is 0 Å². The Kier molecular flexibility index (Phi) is 5.06. The molecule has 0 saturated heterocycles. The summed E-state index contributed by atoms with van der Waals surface area (Å²) in [7, 11) is 1.70. The monoisotopic (exact) mass is 264 g/mol. The van der Waals surface area contributed by atoms with E-state index in [2.05, 4.69) is 10.6 Å². The Morgan fingerprint density at radius 3 is 2.42 bits per heavy atom. The fourth-order valence-electron chi connectivity index (χ4n) is 1.50. The predicted molar refractivity (Wildman–Crippen MR) is 74.6 cm³/mol. The highest BCUT2D eigenvalue weighted by atomic mass is 16.6. The van der Waals surface area contributed by atoms with E-state index < -0.39 is 11.7 Å². The summed E-state index contributed by atoms with van der Waals surface area (Å²) in [5.74, 6) is -0.0887. The van der Waals surface area contributed by atoms with Gasteiger partial charge in [-0.3, -0.25) is 10.1 Å². The highest BCUT2D eigenvalue weighted by molar-refractivity contribution is 6.04. The van der Waals surface area contributed by atoms with Crippen LogP contribution in [0.25, 0.3) is 0 Å². The van der Waals surface area contributed by atoms with E-state index in [1.165, 1.54) is 0 Å². The molecule has 0 atom stereocenters. The van der Waals surface area contributed by atoms with Crippen LogP contribution in [-0.2, 0) is 4.74 Å². The van der Waals surface area contributed by atoms with Crippen LogP contribution < -0.4 is 10.6 Å². The van der Waals surface area contributed by atoms with Crippen LogP contribution in [0.1, 0.15) is 31.1 Å². The lowest BCUT2D eigenvalue weighted by Crippen LogP contribution is -2.28. The van der Waals surface area contributed by atoms with E-state index in [-0.39, 0.29) is 12.3 Å². The molecule has 104 valence electrons. The molecule has 1 amide bonds. The van der Waals surface area contributed by atoms with Crippen molar-refractivity contribution in [1.29, 1.82) is 0 Å². The molecule has 0 aliphatic heterocycles. The van der Waals surface area contributed by atoms with Crippen molar-refractivity contribution in [2.45, 2.75) is 26.4 Å². The first-order chi connectivity index (χ1) is 8.83. The first-order valence-electron chi connectivity index (χ1n) is 6.10. The standard InChI is InChI=1S/C14H20N2O3/c1-14(2,3)19-13(18)16-11-8-6-5-7-10(11)12(17)9-15-4/h5-8,15H,9H2,1-4H3,(H,16,18). The van der Waals surface area contributed by atoms with Gasteiger partial charge in [-0.1, -0.05) is 12.1 Å². The predicted octanol–water partition coefficient (Wildman–Crippen LogP) is 2.44. The van der Waals surface area contributed by atoms with Crippen molar-refractivity contribution >= 4 is 17.6 Å². The molecule has 0 aliphatic rings. The van der Waals surface area contributed by atoms with Gasteiger partial charge in [-0.25, -0.2) is 4.79 Å². The highest BCUT2D eigenvalue weighted by Crippen LogP contribution is 2.17. The average molecular weight is 264 g/mol. The molecular weight excluding hydrogens is 244 g/mol. The van der Waals surface area contributed by atoms with Gasteiger partial charge in [0.2, 0.25) is 0 Å². The lowest BCUT2D eigenvalue weighted by Gasteiger charge is -2.20. The molecule has 5 heteroatoms. The summed E-state index contributed by atoms with van der Waals surface area (Å²) >= 11 is 0. The van der Waals surface area contributed by atoms with Gasteiger partial charge in [-0.05, 0) is 40.0 Å². The number of likely N-dealkylation sites (N-methyl/N-ethyl adjacent to an activating group) is 1. The van der Waals surface area contributed by atoms with Crippen molar-refractivity contribution in [3.05, 3.63) is 29.8 Å². The van der Waals surface area contributed by atoms with Crippen LogP contribution >= 0.6 is 0 Å². The summed E-state index contributed by atoms with van der Waals surface area (Å²) in [6, 6.07) is 6.85. The molecular formula is C14H20N2O3. The van der Waals surface area contributed by atoms with Crippen LogP contribution in [0.15, 0.2) is 24.3 Å². The first-order valence-corrected chi connectivity index (χ1v) is 6.10. The number of ether oxygens (including phenoxy) is 1. The molecule has 0 saturated carbocycles. The second-order valence-electron chi connectivity index (χ2n) is 5.13. The number of hydrogen-bond acceptors (Lipinski definition) is 4. The van der Waals surface area contributed by atoms with E-state index in [1.54, 1.807) is 52.1 Å². The van der Waals surface area contributed by atoms with Gasteiger partial charge in [0.15, 0.2) is 5.78 Å². The molecule has 1 aromatic carbocycles. The van der Waals surface area contributed by atoms with Gasteiger partial charge in [0, 0.05) is 5.56 Å². The van der Waals surface area contributed by atoms with Gasteiger partial charge in [0.1, 0.15) is 5.60 Å². The van der Waals surface area contributed by atoms with E-state index in [1.807, 2.05) is 0 Å². The number of hydrogen-bond donors (Lipinski definition) is 2. The number of rotatable bonds is 4. The van der Waals surface area contributed by atoms with E-state index >= 15 is 0 Å². The van der Waals surface area contributed by atoms with Crippen LogP contribution in [0.2, 0.25) is 0 Å². The Labute approximate surface area is 113 Å². The third-order valence-corrected chi connectivity index (χ3v) is 2.20. The molecule has 0 fully saturated rings. The molecule has 0 spiro atoms. The van der Waals surface area contributed by atoms with Gasteiger partial charge in [0.05, 0.1) is 12.2 Å². The fourth-order valence-corrected chi connectivity index (χ4v) is 1.50. The summed E-state index contributed by atoms with van der Waals surface area (Å²) in [6.45, 7) is 5.56. The summed E-state index contributed by atoms with van der Waals surface area (Å²) in [4.78, 5) is 23.6. The van der Waals surface area contributed by atoms with Crippen molar-refractivity contribution in [3.8, 4) is 0 Å². The second-order valence-corrected chi connectivity index (χ2v) is 5.13. The maximum Gasteiger partial charge on any atom is 0.412 e. The van der Waals surface area contributed by atoms with E-state index in [9.17, 15) is 9.59 Å². The maximum atomic E-state index is 11.9. The van der Waals surface area contributed by atoms with Crippen molar-refractivity contribution in [3.63, 3.8) is 0 Å². The molecule has 0 aliphatic carbocycles. The lowest BCUT2D eigenvalue weighted by molar-refractivity contribution is 0.0636. The van der Waals surface area contributed by atoms with Gasteiger partial charge in [-0.2, -0.15) is 0 Å². The van der Waals surface area contributed by atoms with Crippen molar-refractivity contribution in [1.82, 2.24) is 5.32 Å². The molecule has 0 unspecified atom stereocenters. The number of carbonyl (C=O) groups is 2. The Hall–Kier alpha value is -1.88. The van der Waals surface area contributed by atoms with E-state index in [4.69, 9.17) is 4.74 Å². The largest absolute Gasteiger partial charge is 0.444 e. The molecule has 0 aromatic heterocycles. The molecule has 0 bridgehead atoms. The Balaban J connectivity index is 2.84. The van der Waals surface area contributed by atoms with Crippen LogP contribution in [0.5, 0.6) is 0 Å². The Morgan fingerprint density at radius 2 is 1.84 bits per heavy atom. The molecule has 2 N–H and O–H groups in total. The highest BCUT2D eigenvalue weighted by Gasteiger charge is 2.18. The van der Waals surface area contributed by atoms with Gasteiger partial charge in [0.25, 0.3) is 0 Å². The van der Waals surface area contributed by atoms with Crippen LogP contribution in [0.3, 0.4) is 0 Å². The van der Waals surface area contributed by atoms with Gasteiger partial charge < -0.3 is 10.1 Å². The summed E-state index contributed by atoms with van der Waals surface area (Å²) in [5.41, 5.74) is 0.341. The lowest BCUT2D eigenvalue weighted by atomic mass is 10.1. The molecule has 1 rings (SSSR count). The normalized spacial score (nSPS) is 10.9. The molecule has 0 radical (unpaired) electrons. The second kappa shape index (κ2) is 6.33. The van der Waals surface area contributed by atoms with E-state index in [0.29, 0.717) is 11.3 Å². The minimum atomic E-state index is -0.575. The first kappa shape index (κ1) is 15.2. The zero-order valence-electron chi connectivity index (χ0n) is 11.7. The zero-order valence-corrected chi connectivity index (χ0v) is 11.7. The molecule has 1 aromatic rings. The van der Waals surface area contributed by atoms with Crippen LogP contribution in [0.4, 0.5) is 10.5 Å². The van der Waals surface area contributed by atoms with Crippen molar-refractivity contribution < 1.29 is 14.3 Å². The Morgan fingerprint density at radius 1 is 1.21 bits per heavy atom. The van der Waals surface area contributed by atoms with Crippen LogP contribution in [0, 0.1) is 0 Å². The number of carbonyl (C=O) groups excluding carboxylic acids is 2. The van der Waals surface area contributed by atoms with Crippen molar-refractivity contribution in [2.75, 3.05) is 18.9 Å². The summed E-state index contributed by atoms with van der Waals surface area (Å²) < 4.78 is 5.16. The van der Waals surface area contributed by atoms with Gasteiger partial charge >= 0.3 is 6.09 Å². The third-order valence-electron chi connectivity index (χ3n) is 2.20. The minimum Gasteiger partial charge on any atom is -0.444 e. The number of nitrogens with one attached hydrogen (secondary N) is 2. The fraction of sp³-hybridized carbons (Fsp3) is 0.429. The smallest absolute Gasteiger partial charge is 0.412 e. The Bertz CT molecular complexity index is 464. The van der Waals surface area contributed by atoms with E-state index in [0.717, 1.165) is 0 Å². The number of para-hydroxylation sites is 1. The third kappa shape index (κ3) is 5.09. The quantitative estimate of drug-likeness (QED) is 0.820. The number of ketones is 1. The van der Waals surface area contributed by atoms with Crippen LogP contribution in [-0.4, -0.2) is 31.1 Å². The summed E-state index contributed by atoms with van der Waals surface area (Å²) in [5, 5.41) is 5.39. The minimum absolute atomic E-state index is 0.0887. The maximum absolute atomic E-state index is 11.9. The molecule has 19 heavy (non-hydrogen) atoms. The topological polar surface area (TPSA) is 67.4 Å². The molecule has 5 nitrogen and oxygen atoms in total.